The minimum absolute atomic E-state index is 0.628. The van der Waals surface area contributed by atoms with Gasteiger partial charge in [0.15, 0.2) is 0 Å². The van der Waals surface area contributed by atoms with Crippen LogP contribution in [-0.4, -0.2) is 16.6 Å². The van der Waals surface area contributed by atoms with Crippen molar-refractivity contribution >= 4 is 23.5 Å². The van der Waals surface area contributed by atoms with E-state index in [1.807, 2.05) is 0 Å². The van der Waals surface area contributed by atoms with Crippen molar-refractivity contribution in [3.63, 3.8) is 0 Å². The molecule has 0 aromatic carbocycles. The molecule has 0 atom stereocenters. The number of hydrogen-bond acceptors (Lipinski definition) is 4. The first-order valence-corrected chi connectivity index (χ1v) is 5.62. The maximum absolute atomic E-state index is 8.19. The van der Waals surface area contributed by atoms with Crippen LogP contribution in [0.4, 0.5) is 0 Å². The molecule has 0 aliphatic rings. The van der Waals surface area contributed by atoms with E-state index in [1.165, 1.54) is 0 Å². The highest BCUT2D eigenvalue weighted by Gasteiger charge is 1.89. The molecule has 0 amide bonds. The molecule has 0 spiro atoms. The summed E-state index contributed by atoms with van der Waals surface area (Å²) in [6.07, 6.45) is 1.26. The first-order chi connectivity index (χ1) is 5.41. The summed E-state index contributed by atoms with van der Waals surface area (Å²) in [5, 5.41) is 17.4. The van der Waals surface area contributed by atoms with Gasteiger partial charge in [-0.2, -0.15) is 34.0 Å². The van der Waals surface area contributed by atoms with E-state index in [4.69, 9.17) is 10.5 Å². The molecule has 0 aromatic rings. The van der Waals surface area contributed by atoms with E-state index < -0.39 is 0 Å². The van der Waals surface area contributed by atoms with Crippen molar-refractivity contribution in [2.75, 3.05) is 16.6 Å². The molecule has 2 nitrogen and oxygen atoms in total. The maximum atomic E-state index is 8.19. The van der Waals surface area contributed by atoms with Crippen molar-refractivity contribution < 1.29 is 0 Å². The zero-order valence-electron chi connectivity index (χ0n) is 6.25. The summed E-state index contributed by atoms with van der Waals surface area (Å²) < 4.78 is 0. The van der Waals surface area contributed by atoms with Gasteiger partial charge in [-0.3, -0.25) is 0 Å². The van der Waals surface area contributed by atoms with Crippen LogP contribution in [0.15, 0.2) is 0 Å². The summed E-state index contributed by atoms with van der Waals surface area (Å²) in [7, 11) is 0. The predicted octanol–water partition coefficient (Wildman–Crippen LogP) is 2.24. The van der Waals surface area contributed by atoms with E-state index >= 15 is 0 Å². The highest BCUT2D eigenvalue weighted by atomic mass is 32.2. The van der Waals surface area contributed by atoms with Gasteiger partial charge in [0, 0.05) is 29.4 Å². The summed E-state index contributed by atoms with van der Waals surface area (Å²) in [6, 6.07) is 4.17. The van der Waals surface area contributed by atoms with Crippen LogP contribution in [0.5, 0.6) is 0 Å². The number of hydrogen-bond donors (Lipinski definition) is 0. The Morgan fingerprint density at radius 2 is 1.36 bits per heavy atom. The topological polar surface area (TPSA) is 47.6 Å². The minimum Gasteiger partial charge on any atom is -0.198 e. The molecule has 0 heterocycles. The van der Waals surface area contributed by atoms with Crippen molar-refractivity contribution in [1.82, 2.24) is 0 Å². The summed E-state index contributed by atoms with van der Waals surface area (Å²) >= 11 is 3.52. The lowest BCUT2D eigenvalue weighted by Gasteiger charge is -1.95. The second-order valence-electron chi connectivity index (χ2n) is 1.75. The van der Waals surface area contributed by atoms with E-state index in [0.717, 1.165) is 16.6 Å². The summed E-state index contributed by atoms with van der Waals surface area (Å²) in [5.74, 6) is 1.83. The van der Waals surface area contributed by atoms with Crippen LogP contribution < -0.4 is 0 Å². The quantitative estimate of drug-likeness (QED) is 0.471. The largest absolute Gasteiger partial charge is 0.198 e. The van der Waals surface area contributed by atoms with Crippen molar-refractivity contribution in [3.05, 3.63) is 0 Å². The number of thioether (sulfide) groups is 2. The molecule has 60 valence electrons. The van der Waals surface area contributed by atoms with Crippen LogP contribution in [0.25, 0.3) is 0 Å². The zero-order valence-corrected chi connectivity index (χ0v) is 7.88. The first-order valence-electron chi connectivity index (χ1n) is 3.31. The normalized spacial score (nSPS) is 8.55. The highest BCUT2D eigenvalue weighted by Crippen LogP contribution is 2.12. The standard InChI is InChI=1S/C7H10N2S2/c8-3-1-5-10-7-11-6-2-4-9/h1-2,5-7H2. The lowest BCUT2D eigenvalue weighted by Crippen LogP contribution is -1.80. The van der Waals surface area contributed by atoms with Crippen LogP contribution in [0, 0.1) is 22.7 Å². The molecular formula is C7H10N2S2. The Hall–Kier alpha value is -0.320. The smallest absolute Gasteiger partial charge is 0.0630 e. The van der Waals surface area contributed by atoms with Gasteiger partial charge >= 0.3 is 0 Å². The Balaban J connectivity index is 2.82. The molecule has 0 bridgehead atoms. The lowest BCUT2D eigenvalue weighted by molar-refractivity contribution is 1.24. The molecule has 4 heteroatoms. The van der Waals surface area contributed by atoms with Crippen molar-refractivity contribution in [2.45, 2.75) is 12.8 Å². The van der Waals surface area contributed by atoms with Crippen molar-refractivity contribution in [1.29, 1.82) is 10.5 Å². The monoisotopic (exact) mass is 186 g/mol. The molecule has 0 unspecified atom stereocenters. The van der Waals surface area contributed by atoms with E-state index in [2.05, 4.69) is 12.1 Å². The second-order valence-corrected chi connectivity index (χ2v) is 4.33. The number of nitrogens with zero attached hydrogens (tertiary/aromatic N) is 2. The van der Waals surface area contributed by atoms with E-state index in [1.54, 1.807) is 23.5 Å². The van der Waals surface area contributed by atoms with E-state index in [9.17, 15) is 0 Å². The average Bonchev–Trinajstić information content (AvgIpc) is 2.03. The van der Waals surface area contributed by atoms with Gasteiger partial charge in [-0.1, -0.05) is 0 Å². The average molecular weight is 186 g/mol. The molecule has 0 radical (unpaired) electrons. The number of rotatable bonds is 6. The molecular weight excluding hydrogens is 176 g/mol. The van der Waals surface area contributed by atoms with Gasteiger partial charge in [0.05, 0.1) is 12.1 Å². The molecule has 0 rings (SSSR count). The third-order valence-corrected chi connectivity index (χ3v) is 3.20. The molecule has 0 aliphatic heterocycles. The molecule has 0 aromatic heterocycles. The van der Waals surface area contributed by atoms with Gasteiger partial charge in [0.1, 0.15) is 0 Å². The van der Waals surface area contributed by atoms with Crippen LogP contribution in [0.1, 0.15) is 12.8 Å². The highest BCUT2D eigenvalue weighted by molar-refractivity contribution is 8.15. The molecule has 0 saturated carbocycles. The molecule has 0 saturated heterocycles. The van der Waals surface area contributed by atoms with Crippen LogP contribution >= 0.6 is 23.5 Å². The molecule has 11 heavy (non-hydrogen) atoms. The van der Waals surface area contributed by atoms with Crippen LogP contribution in [-0.2, 0) is 0 Å². The second kappa shape index (κ2) is 9.68. The summed E-state index contributed by atoms with van der Waals surface area (Å²) in [5.41, 5.74) is 0. The minimum atomic E-state index is 0.628. The van der Waals surface area contributed by atoms with E-state index in [0.29, 0.717) is 12.8 Å². The van der Waals surface area contributed by atoms with Gasteiger partial charge < -0.3 is 0 Å². The van der Waals surface area contributed by atoms with Gasteiger partial charge in [-0.05, 0) is 0 Å². The Labute approximate surface area is 76.0 Å². The molecule has 0 fully saturated rings. The Bertz CT molecular complexity index is 139. The Kier molecular flexibility index (Phi) is 9.40. The summed E-state index contributed by atoms with van der Waals surface area (Å²) in [4.78, 5) is 0. The fraction of sp³-hybridized carbons (Fsp3) is 0.714. The van der Waals surface area contributed by atoms with Gasteiger partial charge in [-0.25, -0.2) is 0 Å². The molecule has 0 N–H and O–H groups in total. The third-order valence-electron chi connectivity index (χ3n) is 0.883. The number of nitriles is 2. The van der Waals surface area contributed by atoms with Crippen molar-refractivity contribution in [3.8, 4) is 12.1 Å². The third kappa shape index (κ3) is 9.68. The summed E-state index contributed by atoms with van der Waals surface area (Å²) in [6.45, 7) is 0. The molecule has 0 aliphatic carbocycles. The fourth-order valence-electron chi connectivity index (χ4n) is 0.412. The van der Waals surface area contributed by atoms with Crippen LogP contribution in [0.2, 0.25) is 0 Å². The van der Waals surface area contributed by atoms with Crippen molar-refractivity contribution in [2.24, 2.45) is 0 Å². The fourth-order valence-corrected chi connectivity index (χ4v) is 2.30. The SMILES string of the molecule is N#CCCSCSCCC#N. The zero-order chi connectivity index (χ0) is 8.36. The predicted molar refractivity (Wildman–Crippen MR) is 50.2 cm³/mol. The van der Waals surface area contributed by atoms with Gasteiger partial charge in [0.2, 0.25) is 0 Å². The van der Waals surface area contributed by atoms with Gasteiger partial charge in [-0.15, -0.1) is 0 Å². The van der Waals surface area contributed by atoms with Gasteiger partial charge in [0.25, 0.3) is 0 Å². The maximum Gasteiger partial charge on any atom is 0.0630 e. The lowest BCUT2D eigenvalue weighted by atomic mass is 10.6. The first kappa shape index (κ1) is 10.7. The van der Waals surface area contributed by atoms with Crippen LogP contribution in [0.3, 0.4) is 0 Å². The van der Waals surface area contributed by atoms with E-state index in [-0.39, 0.29) is 0 Å². The Morgan fingerprint density at radius 1 is 0.909 bits per heavy atom. The Morgan fingerprint density at radius 3 is 1.73 bits per heavy atom.